The lowest BCUT2D eigenvalue weighted by molar-refractivity contribution is -0.141. The normalized spacial score (nSPS) is 22.8. The second kappa shape index (κ2) is 5.36. The summed E-state index contributed by atoms with van der Waals surface area (Å²) in [4.78, 5) is 18.9. The monoisotopic (exact) mass is 273 g/mol. The van der Waals surface area contributed by atoms with Crippen molar-refractivity contribution < 1.29 is 19.4 Å². The van der Waals surface area contributed by atoms with Crippen LogP contribution in [-0.4, -0.2) is 47.4 Å². The van der Waals surface area contributed by atoms with E-state index in [-0.39, 0.29) is 18.7 Å². The van der Waals surface area contributed by atoms with Crippen molar-refractivity contribution in [3.8, 4) is 6.01 Å². The molecule has 98 valence electrons. The van der Waals surface area contributed by atoms with Gasteiger partial charge in [-0.2, -0.15) is 4.98 Å². The number of carbonyl (C=O) groups is 1. The number of hydrogen-bond donors (Lipinski definition) is 2. The van der Waals surface area contributed by atoms with Crippen LogP contribution in [0.5, 0.6) is 6.01 Å². The van der Waals surface area contributed by atoms with Crippen LogP contribution >= 0.6 is 11.6 Å². The minimum absolute atomic E-state index is 0.160. The van der Waals surface area contributed by atoms with E-state index in [4.69, 9.17) is 26.2 Å². The van der Waals surface area contributed by atoms with Crippen molar-refractivity contribution in [1.29, 1.82) is 0 Å². The van der Waals surface area contributed by atoms with Crippen molar-refractivity contribution in [3.05, 3.63) is 11.2 Å². The molecule has 1 aromatic heterocycles. The van der Waals surface area contributed by atoms with Crippen LogP contribution in [0.25, 0.3) is 0 Å². The molecule has 2 heterocycles. The van der Waals surface area contributed by atoms with Crippen molar-refractivity contribution in [2.45, 2.75) is 6.04 Å². The van der Waals surface area contributed by atoms with Crippen LogP contribution in [0.2, 0.25) is 5.02 Å². The molecule has 1 aromatic rings. The number of rotatable bonds is 4. The standard InChI is InChI=1S/C10H12ClN3O4/c1-17-10-12-2-6(11)8(14-10)13-7-4-18-3-5(7)9(15)16/h2,5,7H,3-4H2,1H3,(H,15,16)(H,12,13,14). The lowest BCUT2D eigenvalue weighted by Crippen LogP contribution is -2.33. The van der Waals surface area contributed by atoms with Gasteiger partial charge in [0, 0.05) is 0 Å². The van der Waals surface area contributed by atoms with Gasteiger partial charge in [0.1, 0.15) is 10.9 Å². The third-order valence-corrected chi connectivity index (χ3v) is 2.90. The zero-order valence-corrected chi connectivity index (χ0v) is 10.3. The Morgan fingerprint density at radius 2 is 2.44 bits per heavy atom. The lowest BCUT2D eigenvalue weighted by atomic mass is 10.0. The molecule has 0 spiro atoms. The topological polar surface area (TPSA) is 93.6 Å². The molecule has 2 N–H and O–H groups in total. The molecule has 2 atom stereocenters. The molecule has 0 bridgehead atoms. The van der Waals surface area contributed by atoms with E-state index < -0.39 is 11.9 Å². The number of aromatic nitrogens is 2. The number of nitrogens with zero attached hydrogens (tertiary/aromatic N) is 2. The second-order valence-corrected chi connectivity index (χ2v) is 4.19. The fourth-order valence-electron chi connectivity index (χ4n) is 1.67. The van der Waals surface area contributed by atoms with E-state index >= 15 is 0 Å². The maximum Gasteiger partial charge on any atom is 0.318 e. The molecule has 2 rings (SSSR count). The SMILES string of the molecule is COc1ncc(Cl)c(NC2COCC2C(=O)O)n1. The molecule has 1 aliphatic rings. The van der Waals surface area contributed by atoms with E-state index in [1.54, 1.807) is 0 Å². The minimum Gasteiger partial charge on any atom is -0.481 e. The quantitative estimate of drug-likeness (QED) is 0.832. The van der Waals surface area contributed by atoms with E-state index in [0.717, 1.165) is 0 Å². The summed E-state index contributed by atoms with van der Waals surface area (Å²) in [7, 11) is 1.44. The van der Waals surface area contributed by atoms with Gasteiger partial charge in [-0.3, -0.25) is 4.79 Å². The molecule has 0 saturated carbocycles. The van der Waals surface area contributed by atoms with Crippen LogP contribution < -0.4 is 10.1 Å². The summed E-state index contributed by atoms with van der Waals surface area (Å²) in [5.41, 5.74) is 0. The van der Waals surface area contributed by atoms with Crippen LogP contribution in [0.1, 0.15) is 0 Å². The highest BCUT2D eigenvalue weighted by Crippen LogP contribution is 2.24. The summed E-state index contributed by atoms with van der Waals surface area (Å²) < 4.78 is 10.0. The van der Waals surface area contributed by atoms with E-state index in [1.165, 1.54) is 13.3 Å². The highest BCUT2D eigenvalue weighted by atomic mass is 35.5. The van der Waals surface area contributed by atoms with Crippen molar-refractivity contribution in [1.82, 2.24) is 9.97 Å². The molecule has 1 aliphatic heterocycles. The molecular weight excluding hydrogens is 262 g/mol. The number of carboxylic acids is 1. The largest absolute Gasteiger partial charge is 0.481 e. The Labute approximate surface area is 108 Å². The molecular formula is C10H12ClN3O4. The Morgan fingerprint density at radius 1 is 1.67 bits per heavy atom. The van der Waals surface area contributed by atoms with Gasteiger partial charge in [0.25, 0.3) is 0 Å². The van der Waals surface area contributed by atoms with E-state index in [1.807, 2.05) is 0 Å². The number of ether oxygens (including phenoxy) is 2. The van der Waals surface area contributed by atoms with Gasteiger partial charge < -0.3 is 19.9 Å². The maximum absolute atomic E-state index is 11.0. The lowest BCUT2D eigenvalue weighted by Gasteiger charge is -2.17. The third kappa shape index (κ3) is 2.62. The van der Waals surface area contributed by atoms with E-state index in [0.29, 0.717) is 17.4 Å². The minimum atomic E-state index is -0.915. The summed E-state index contributed by atoms with van der Waals surface area (Å²) in [6, 6.07) is -0.215. The Morgan fingerprint density at radius 3 is 3.11 bits per heavy atom. The molecule has 18 heavy (non-hydrogen) atoms. The highest BCUT2D eigenvalue weighted by Gasteiger charge is 2.34. The molecule has 2 unspecified atom stereocenters. The van der Waals surface area contributed by atoms with Gasteiger partial charge in [0.05, 0.1) is 32.6 Å². The number of hydrogen-bond acceptors (Lipinski definition) is 6. The fraction of sp³-hybridized carbons (Fsp3) is 0.500. The molecule has 7 nitrogen and oxygen atoms in total. The van der Waals surface area contributed by atoms with Crippen LogP contribution in [0.15, 0.2) is 6.20 Å². The fourth-order valence-corrected chi connectivity index (χ4v) is 1.81. The molecule has 1 fully saturated rings. The predicted molar refractivity (Wildman–Crippen MR) is 62.9 cm³/mol. The van der Waals surface area contributed by atoms with Crippen LogP contribution in [0, 0.1) is 5.92 Å². The maximum atomic E-state index is 11.0. The number of methoxy groups -OCH3 is 1. The zero-order chi connectivity index (χ0) is 13.1. The molecule has 0 amide bonds. The Hall–Kier alpha value is -1.60. The van der Waals surface area contributed by atoms with Crippen LogP contribution in [-0.2, 0) is 9.53 Å². The van der Waals surface area contributed by atoms with Gasteiger partial charge in [-0.25, -0.2) is 4.98 Å². The Bertz CT molecular complexity index is 457. The average Bonchev–Trinajstić information content (AvgIpc) is 2.80. The van der Waals surface area contributed by atoms with E-state index in [9.17, 15) is 4.79 Å². The van der Waals surface area contributed by atoms with E-state index in [2.05, 4.69) is 15.3 Å². The van der Waals surface area contributed by atoms with Gasteiger partial charge in [-0.15, -0.1) is 0 Å². The van der Waals surface area contributed by atoms with Gasteiger partial charge >= 0.3 is 12.0 Å². The van der Waals surface area contributed by atoms with Gasteiger partial charge in [-0.1, -0.05) is 11.6 Å². The number of nitrogens with one attached hydrogen (secondary N) is 1. The summed E-state index contributed by atoms with van der Waals surface area (Å²) in [5, 5.41) is 12.3. The first-order valence-corrected chi connectivity index (χ1v) is 5.63. The summed E-state index contributed by atoms with van der Waals surface area (Å²) in [5.74, 6) is -1.20. The van der Waals surface area contributed by atoms with Gasteiger partial charge in [-0.05, 0) is 0 Å². The number of aliphatic carboxylic acids is 1. The molecule has 8 heteroatoms. The van der Waals surface area contributed by atoms with Crippen molar-refractivity contribution in [2.75, 3.05) is 25.6 Å². The summed E-state index contributed by atoms with van der Waals surface area (Å²) in [6.45, 7) is 0.465. The Kier molecular flexibility index (Phi) is 3.83. The second-order valence-electron chi connectivity index (χ2n) is 3.79. The van der Waals surface area contributed by atoms with Gasteiger partial charge in [0.2, 0.25) is 0 Å². The van der Waals surface area contributed by atoms with Crippen LogP contribution in [0.3, 0.4) is 0 Å². The van der Waals surface area contributed by atoms with Crippen molar-refractivity contribution >= 4 is 23.4 Å². The van der Waals surface area contributed by atoms with Crippen molar-refractivity contribution in [2.24, 2.45) is 5.92 Å². The molecule has 0 aromatic carbocycles. The molecule has 0 radical (unpaired) electrons. The zero-order valence-electron chi connectivity index (χ0n) is 9.59. The molecule has 1 saturated heterocycles. The third-order valence-electron chi connectivity index (χ3n) is 2.62. The number of anilines is 1. The van der Waals surface area contributed by atoms with Crippen LogP contribution in [0.4, 0.5) is 5.82 Å². The predicted octanol–water partition coefficient (Wildman–Crippen LogP) is 0.650. The summed E-state index contributed by atoms with van der Waals surface area (Å²) in [6.07, 6.45) is 1.39. The number of halogens is 1. The Balaban J connectivity index is 2.15. The number of carboxylic acid groups (broad SMARTS) is 1. The molecule has 0 aliphatic carbocycles. The first-order chi connectivity index (χ1) is 8.61. The van der Waals surface area contributed by atoms with Gasteiger partial charge in [0.15, 0.2) is 5.82 Å². The first kappa shape index (κ1) is 12.8. The van der Waals surface area contributed by atoms with Crippen molar-refractivity contribution in [3.63, 3.8) is 0 Å². The first-order valence-electron chi connectivity index (χ1n) is 5.25. The average molecular weight is 274 g/mol. The smallest absolute Gasteiger partial charge is 0.318 e. The highest BCUT2D eigenvalue weighted by molar-refractivity contribution is 6.32. The summed E-state index contributed by atoms with van der Waals surface area (Å²) >= 11 is 5.93.